The summed E-state index contributed by atoms with van der Waals surface area (Å²) in [6.07, 6.45) is 2.93. The average Bonchev–Trinajstić information content (AvgIpc) is 3.99. The Morgan fingerprint density at radius 1 is 0.368 bits per heavy atom. The summed E-state index contributed by atoms with van der Waals surface area (Å²) < 4.78 is 13.5. The van der Waals surface area contributed by atoms with E-state index < -0.39 is 24.0 Å². The molecule has 2 aliphatic heterocycles. The molecule has 1 aliphatic carbocycles. The zero-order valence-electron chi connectivity index (χ0n) is 36.1. The Balaban J connectivity index is 1.02. The molecule has 11 rings (SSSR count). The second kappa shape index (κ2) is 16.3. The molecule has 8 aromatic carbocycles. The van der Waals surface area contributed by atoms with Crippen molar-refractivity contribution in [1.82, 2.24) is 0 Å². The van der Waals surface area contributed by atoms with Gasteiger partial charge in [0, 0.05) is 40.8 Å². The van der Waals surface area contributed by atoms with Crippen LogP contribution in [0, 0.1) is 0 Å². The van der Waals surface area contributed by atoms with E-state index in [1.807, 2.05) is 48.6 Å². The highest BCUT2D eigenvalue weighted by atomic mass is 16.5. The van der Waals surface area contributed by atoms with Crippen LogP contribution in [0.15, 0.2) is 152 Å². The summed E-state index contributed by atoms with van der Waals surface area (Å²) in [6.45, 7) is 0. The first-order valence-electron chi connectivity index (χ1n) is 22.1. The lowest BCUT2D eigenvalue weighted by atomic mass is 9.76. The van der Waals surface area contributed by atoms with E-state index in [1.165, 1.54) is 12.1 Å². The van der Waals surface area contributed by atoms with Gasteiger partial charge in [-0.3, -0.25) is 0 Å². The van der Waals surface area contributed by atoms with Gasteiger partial charge in [0.15, 0.2) is 0 Å². The van der Waals surface area contributed by atoms with Gasteiger partial charge in [-0.25, -0.2) is 0 Å². The number of rotatable bonds is 8. The van der Waals surface area contributed by atoms with Crippen LogP contribution in [0.25, 0.3) is 12.2 Å². The fraction of sp³-hybridized carbons (Fsp3) is 0.123. The highest BCUT2D eigenvalue weighted by Crippen LogP contribution is 2.59. The molecule has 11 heteroatoms. The first-order valence-corrected chi connectivity index (χ1v) is 22.1. The molecular weight excluding hydrogens is 861 g/mol. The van der Waals surface area contributed by atoms with E-state index in [0.29, 0.717) is 51.3 Å². The molecule has 0 aromatic heterocycles. The summed E-state index contributed by atoms with van der Waals surface area (Å²) in [7, 11) is 0. The molecule has 0 fully saturated rings. The fourth-order valence-electron chi connectivity index (χ4n) is 10.6. The fourth-order valence-corrected chi connectivity index (χ4v) is 10.6. The normalized spacial score (nSPS) is 20.1. The zero-order valence-corrected chi connectivity index (χ0v) is 36.1. The van der Waals surface area contributed by atoms with E-state index >= 15 is 0 Å². The van der Waals surface area contributed by atoms with Crippen LogP contribution in [0.5, 0.6) is 63.2 Å². The van der Waals surface area contributed by atoms with E-state index in [4.69, 9.17) is 9.47 Å². The lowest BCUT2D eigenvalue weighted by Gasteiger charge is -2.26. The SMILES string of the molecule is Oc1ccc([C@H]2Cc3cc(O)c(/C=C/c4ccc5c(c4)[C@@H](c4cc(O)cc6c4[C@H](c4cc(O)cc(O)c4)[C@@H](c4ccc(O)cc4)O6)[C@H](c4ccc(O)cc4)O5)cc3[C@@H]2c2cc(O)cc(O)c2)cc1. The Morgan fingerprint density at radius 2 is 0.882 bits per heavy atom. The van der Waals surface area contributed by atoms with Crippen LogP contribution in [0.2, 0.25) is 0 Å². The zero-order chi connectivity index (χ0) is 47.0. The highest BCUT2D eigenvalue weighted by Gasteiger charge is 2.45. The topological polar surface area (TPSA) is 201 Å². The van der Waals surface area contributed by atoms with Crippen LogP contribution in [-0.2, 0) is 6.42 Å². The Hall–Kier alpha value is -8.70. The number of aromatic hydroxyl groups is 9. The number of phenolic OH excluding ortho intramolecular Hbond substituents is 9. The van der Waals surface area contributed by atoms with Crippen molar-refractivity contribution in [3.63, 3.8) is 0 Å². The molecule has 2 heterocycles. The molecule has 9 N–H and O–H groups in total. The molecule has 0 spiro atoms. The molecule has 338 valence electrons. The van der Waals surface area contributed by atoms with Crippen molar-refractivity contribution in [1.29, 1.82) is 0 Å². The maximum Gasteiger partial charge on any atom is 0.135 e. The van der Waals surface area contributed by atoms with Gasteiger partial charge in [-0.15, -0.1) is 0 Å². The molecule has 0 amide bonds. The Kier molecular flexibility index (Phi) is 10.1. The lowest BCUT2D eigenvalue weighted by Crippen LogP contribution is -2.16. The minimum atomic E-state index is -0.704. The van der Waals surface area contributed by atoms with Crippen LogP contribution < -0.4 is 9.47 Å². The van der Waals surface area contributed by atoms with Gasteiger partial charge in [0.2, 0.25) is 0 Å². The number of hydrogen-bond donors (Lipinski definition) is 9. The Morgan fingerprint density at radius 3 is 1.47 bits per heavy atom. The summed E-state index contributed by atoms with van der Waals surface area (Å²) in [6, 6.07) is 42.0. The van der Waals surface area contributed by atoms with Gasteiger partial charge in [0.1, 0.15) is 75.5 Å². The van der Waals surface area contributed by atoms with Crippen molar-refractivity contribution in [2.45, 2.75) is 42.3 Å². The van der Waals surface area contributed by atoms with Crippen LogP contribution >= 0.6 is 0 Å². The second-order valence-corrected chi connectivity index (χ2v) is 17.8. The first kappa shape index (κ1) is 42.0. The lowest BCUT2D eigenvalue weighted by molar-refractivity contribution is 0.220. The second-order valence-electron chi connectivity index (χ2n) is 17.8. The number of fused-ring (bicyclic) bond motifs is 3. The quantitative estimate of drug-likeness (QED) is 0.0657. The van der Waals surface area contributed by atoms with Crippen molar-refractivity contribution in [3.8, 4) is 63.2 Å². The highest BCUT2D eigenvalue weighted by molar-refractivity contribution is 5.75. The Bertz CT molecular complexity index is 3250. The third-order valence-electron chi connectivity index (χ3n) is 13.5. The standard InChI is InChI=1S/C57H44O11/c58-37-10-4-30(5-11-37)45-23-34-24-49(66)33(22-46(34)52(45)35-18-40(61)25-41(62)19-35)3-1-29-2-16-50-47(17-29)54(57(67-50)32-8-14-39(60)15-9-32)48-27-44(65)28-51-55(48)53(36-20-42(63)26-43(64)21-36)56(68-51)31-6-12-38(59)13-7-31/h1-22,24-28,45,52-54,56-66H,23H2/b3-1+/t45-,52-,53+,54+,56-,57+/m1/s1. The van der Waals surface area contributed by atoms with Crippen molar-refractivity contribution >= 4 is 12.2 Å². The molecular formula is C57H44O11. The molecule has 11 nitrogen and oxygen atoms in total. The first-order chi connectivity index (χ1) is 32.8. The Labute approximate surface area is 390 Å². The molecule has 68 heavy (non-hydrogen) atoms. The van der Waals surface area contributed by atoms with Crippen molar-refractivity contribution in [2.24, 2.45) is 0 Å². The summed E-state index contributed by atoms with van der Waals surface area (Å²) in [5.41, 5.74) is 8.95. The van der Waals surface area contributed by atoms with Gasteiger partial charge < -0.3 is 55.4 Å². The maximum atomic E-state index is 11.5. The molecule has 0 saturated heterocycles. The van der Waals surface area contributed by atoms with Gasteiger partial charge >= 0.3 is 0 Å². The van der Waals surface area contributed by atoms with Crippen molar-refractivity contribution in [2.75, 3.05) is 0 Å². The molecule has 0 unspecified atom stereocenters. The molecule has 0 bridgehead atoms. The van der Waals surface area contributed by atoms with E-state index in [2.05, 4.69) is 0 Å². The van der Waals surface area contributed by atoms with Gasteiger partial charge in [0.05, 0.1) is 11.8 Å². The van der Waals surface area contributed by atoms with Crippen LogP contribution in [0.1, 0.15) is 103 Å². The summed E-state index contributed by atoms with van der Waals surface area (Å²) in [5, 5.41) is 96.2. The van der Waals surface area contributed by atoms with E-state index in [1.54, 1.807) is 103 Å². The van der Waals surface area contributed by atoms with E-state index in [0.717, 1.165) is 33.4 Å². The third-order valence-corrected chi connectivity index (χ3v) is 13.5. The molecule has 8 aromatic rings. The van der Waals surface area contributed by atoms with Gasteiger partial charge in [0.25, 0.3) is 0 Å². The monoisotopic (exact) mass is 904 g/mol. The number of ether oxygens (including phenoxy) is 2. The van der Waals surface area contributed by atoms with Gasteiger partial charge in [-0.1, -0.05) is 54.6 Å². The summed E-state index contributed by atoms with van der Waals surface area (Å²) in [5.74, 6) is -0.797. The molecule has 6 atom stereocenters. The minimum Gasteiger partial charge on any atom is -0.508 e. The smallest absolute Gasteiger partial charge is 0.135 e. The van der Waals surface area contributed by atoms with Crippen molar-refractivity contribution < 1.29 is 55.4 Å². The predicted molar refractivity (Wildman–Crippen MR) is 254 cm³/mol. The van der Waals surface area contributed by atoms with Crippen LogP contribution in [0.3, 0.4) is 0 Å². The van der Waals surface area contributed by atoms with Crippen LogP contribution in [0.4, 0.5) is 0 Å². The third kappa shape index (κ3) is 7.53. The minimum absolute atomic E-state index is 0.0597. The number of hydrogen-bond acceptors (Lipinski definition) is 11. The average molecular weight is 905 g/mol. The molecule has 0 radical (unpaired) electrons. The van der Waals surface area contributed by atoms with E-state index in [9.17, 15) is 46.0 Å². The van der Waals surface area contributed by atoms with Crippen molar-refractivity contribution in [3.05, 3.63) is 218 Å². The largest absolute Gasteiger partial charge is 0.508 e. The summed E-state index contributed by atoms with van der Waals surface area (Å²) in [4.78, 5) is 0. The molecule has 0 saturated carbocycles. The predicted octanol–water partition coefficient (Wildman–Crippen LogP) is 11.2. The molecule has 3 aliphatic rings. The van der Waals surface area contributed by atoms with Crippen LogP contribution in [-0.4, -0.2) is 46.0 Å². The van der Waals surface area contributed by atoms with Gasteiger partial charge in [-0.2, -0.15) is 0 Å². The number of benzene rings is 8. The van der Waals surface area contributed by atoms with E-state index in [-0.39, 0.29) is 63.6 Å². The maximum absolute atomic E-state index is 11.5. The van der Waals surface area contributed by atoms with Gasteiger partial charge in [-0.05, 0) is 153 Å². The number of phenols is 9. The summed E-state index contributed by atoms with van der Waals surface area (Å²) >= 11 is 0.